The van der Waals surface area contributed by atoms with Gasteiger partial charge >= 0.3 is 0 Å². The highest BCUT2D eigenvalue weighted by Gasteiger charge is 2.34. The molecular formula is C20H16BrNO3S. The molecule has 132 valence electrons. The van der Waals surface area contributed by atoms with Crippen molar-refractivity contribution in [1.29, 1.82) is 0 Å². The molecule has 1 aliphatic heterocycles. The number of hydrogen-bond acceptors (Lipinski definition) is 4. The van der Waals surface area contributed by atoms with E-state index < -0.39 is 0 Å². The fraction of sp³-hybridized carbons (Fsp3) is 0.100. The second-order valence-electron chi connectivity index (χ2n) is 5.57. The van der Waals surface area contributed by atoms with Gasteiger partial charge in [-0.1, -0.05) is 52.9 Å². The molecule has 0 radical (unpaired) electrons. The smallest absolute Gasteiger partial charge is 0.293 e. The monoisotopic (exact) mass is 429 g/mol. The molecular weight excluding hydrogens is 414 g/mol. The van der Waals surface area contributed by atoms with Crippen molar-refractivity contribution < 1.29 is 14.3 Å². The van der Waals surface area contributed by atoms with Gasteiger partial charge in [0.15, 0.2) is 0 Å². The molecule has 1 heterocycles. The molecule has 2 aromatic carbocycles. The van der Waals surface area contributed by atoms with E-state index in [1.54, 1.807) is 12.2 Å². The number of carbonyl (C=O) groups is 2. The van der Waals surface area contributed by atoms with Crippen LogP contribution < -0.4 is 4.74 Å². The molecule has 26 heavy (non-hydrogen) atoms. The van der Waals surface area contributed by atoms with Crippen molar-refractivity contribution in [1.82, 2.24) is 4.90 Å². The lowest BCUT2D eigenvalue weighted by Gasteiger charge is -2.12. The number of rotatable bonds is 6. The van der Waals surface area contributed by atoms with Crippen LogP contribution in [0, 0.1) is 0 Å². The highest BCUT2D eigenvalue weighted by Crippen LogP contribution is 2.33. The summed E-state index contributed by atoms with van der Waals surface area (Å²) in [5.74, 6) is 0.407. The SMILES string of the molecule is C=CCOc1cccc(/C=C2/SC(=O)N(Cc3cccc(Br)c3)C2=O)c1. The summed E-state index contributed by atoms with van der Waals surface area (Å²) in [6.07, 6.45) is 3.38. The Morgan fingerprint density at radius 3 is 2.73 bits per heavy atom. The van der Waals surface area contributed by atoms with E-state index in [4.69, 9.17) is 4.74 Å². The van der Waals surface area contributed by atoms with Crippen molar-refractivity contribution in [3.05, 3.63) is 81.7 Å². The number of nitrogens with zero attached hydrogens (tertiary/aromatic N) is 1. The minimum atomic E-state index is -0.280. The van der Waals surface area contributed by atoms with Crippen LogP contribution >= 0.6 is 27.7 Å². The normalized spacial score (nSPS) is 15.6. The molecule has 0 saturated carbocycles. The second-order valence-corrected chi connectivity index (χ2v) is 7.48. The maximum atomic E-state index is 12.6. The number of halogens is 1. The summed E-state index contributed by atoms with van der Waals surface area (Å²) in [6.45, 7) is 4.28. The molecule has 0 unspecified atom stereocenters. The zero-order valence-electron chi connectivity index (χ0n) is 13.9. The van der Waals surface area contributed by atoms with Gasteiger partial charge in [0.05, 0.1) is 11.4 Å². The second kappa shape index (κ2) is 8.38. The van der Waals surface area contributed by atoms with Gasteiger partial charge in [-0.15, -0.1) is 0 Å². The van der Waals surface area contributed by atoms with Crippen molar-refractivity contribution >= 4 is 44.9 Å². The van der Waals surface area contributed by atoms with Crippen molar-refractivity contribution in [2.75, 3.05) is 6.61 Å². The van der Waals surface area contributed by atoms with Gasteiger partial charge in [-0.25, -0.2) is 0 Å². The van der Waals surface area contributed by atoms with Gasteiger partial charge in [0.2, 0.25) is 0 Å². The zero-order chi connectivity index (χ0) is 18.5. The van der Waals surface area contributed by atoms with Crippen molar-refractivity contribution in [3.8, 4) is 5.75 Å². The standard InChI is InChI=1S/C20H16BrNO3S/c1-2-9-25-17-8-4-5-14(11-17)12-18-19(23)22(20(24)26-18)13-15-6-3-7-16(21)10-15/h2-8,10-12H,1,9,13H2/b18-12+. The van der Waals surface area contributed by atoms with E-state index in [0.29, 0.717) is 17.3 Å². The van der Waals surface area contributed by atoms with E-state index in [-0.39, 0.29) is 17.7 Å². The van der Waals surface area contributed by atoms with Crippen molar-refractivity contribution in [2.24, 2.45) is 0 Å². The first-order chi connectivity index (χ1) is 12.6. The van der Waals surface area contributed by atoms with Crippen LogP contribution in [0.1, 0.15) is 11.1 Å². The van der Waals surface area contributed by atoms with Gasteiger partial charge in [0.25, 0.3) is 11.1 Å². The summed E-state index contributed by atoms with van der Waals surface area (Å²) in [4.78, 5) is 26.6. The van der Waals surface area contributed by atoms with Gasteiger partial charge in [-0.2, -0.15) is 0 Å². The molecule has 0 bridgehead atoms. The molecule has 0 aromatic heterocycles. The Morgan fingerprint density at radius 2 is 1.96 bits per heavy atom. The predicted molar refractivity (Wildman–Crippen MR) is 108 cm³/mol. The summed E-state index contributed by atoms with van der Waals surface area (Å²) >= 11 is 4.35. The summed E-state index contributed by atoms with van der Waals surface area (Å²) in [5.41, 5.74) is 1.70. The van der Waals surface area contributed by atoms with Gasteiger partial charge in [-0.05, 0) is 53.2 Å². The summed E-state index contributed by atoms with van der Waals surface area (Å²) < 4.78 is 6.41. The molecule has 0 aliphatic carbocycles. The zero-order valence-corrected chi connectivity index (χ0v) is 16.3. The molecule has 0 spiro atoms. The van der Waals surface area contributed by atoms with E-state index in [2.05, 4.69) is 22.5 Å². The first-order valence-electron chi connectivity index (χ1n) is 7.90. The number of amides is 2. The minimum absolute atomic E-state index is 0.254. The number of benzene rings is 2. The number of ether oxygens (including phenoxy) is 1. The Labute approximate surface area is 164 Å². The van der Waals surface area contributed by atoms with Crippen LogP contribution in [0.4, 0.5) is 4.79 Å². The van der Waals surface area contributed by atoms with Crippen LogP contribution in [0.5, 0.6) is 5.75 Å². The summed E-state index contributed by atoms with van der Waals surface area (Å²) in [6, 6.07) is 14.9. The Morgan fingerprint density at radius 1 is 1.15 bits per heavy atom. The number of carbonyl (C=O) groups excluding carboxylic acids is 2. The molecule has 2 aromatic rings. The van der Waals surface area contributed by atoms with E-state index >= 15 is 0 Å². The molecule has 3 rings (SSSR count). The maximum absolute atomic E-state index is 12.6. The Hall–Kier alpha value is -2.31. The fourth-order valence-corrected chi connectivity index (χ4v) is 3.74. The summed E-state index contributed by atoms with van der Waals surface area (Å²) in [5, 5.41) is -0.264. The third-order valence-corrected chi connectivity index (χ3v) is 5.03. The molecule has 1 saturated heterocycles. The molecule has 0 N–H and O–H groups in total. The highest BCUT2D eigenvalue weighted by atomic mass is 79.9. The Bertz CT molecular complexity index is 894. The predicted octanol–water partition coefficient (Wildman–Crippen LogP) is 5.25. The largest absolute Gasteiger partial charge is 0.490 e. The minimum Gasteiger partial charge on any atom is -0.490 e. The van der Waals surface area contributed by atoms with Crippen LogP contribution in [0.2, 0.25) is 0 Å². The van der Waals surface area contributed by atoms with E-state index in [9.17, 15) is 9.59 Å². The molecule has 6 heteroatoms. The average Bonchev–Trinajstić information content (AvgIpc) is 2.88. The molecule has 1 aliphatic rings. The maximum Gasteiger partial charge on any atom is 0.293 e. The van der Waals surface area contributed by atoms with Gasteiger partial charge in [0.1, 0.15) is 12.4 Å². The third-order valence-electron chi connectivity index (χ3n) is 3.63. The Kier molecular flexibility index (Phi) is 5.96. The van der Waals surface area contributed by atoms with Crippen LogP contribution in [0.3, 0.4) is 0 Å². The lowest BCUT2D eigenvalue weighted by molar-refractivity contribution is -0.123. The number of hydrogen-bond donors (Lipinski definition) is 0. The average molecular weight is 430 g/mol. The summed E-state index contributed by atoms with van der Waals surface area (Å²) in [7, 11) is 0. The van der Waals surface area contributed by atoms with E-state index in [1.807, 2.05) is 48.5 Å². The van der Waals surface area contributed by atoms with Gasteiger partial charge in [0, 0.05) is 4.47 Å². The van der Waals surface area contributed by atoms with Gasteiger partial charge in [-0.3, -0.25) is 14.5 Å². The lowest BCUT2D eigenvalue weighted by atomic mass is 10.2. The van der Waals surface area contributed by atoms with Gasteiger partial charge < -0.3 is 4.74 Å². The first kappa shape index (κ1) is 18.5. The molecule has 2 amide bonds. The van der Waals surface area contributed by atoms with E-state index in [0.717, 1.165) is 27.4 Å². The first-order valence-corrected chi connectivity index (χ1v) is 9.51. The van der Waals surface area contributed by atoms with Crippen molar-refractivity contribution in [2.45, 2.75) is 6.54 Å². The number of thioether (sulfide) groups is 1. The quantitative estimate of drug-likeness (QED) is 0.464. The third kappa shape index (κ3) is 4.45. The highest BCUT2D eigenvalue weighted by molar-refractivity contribution is 9.10. The van der Waals surface area contributed by atoms with Crippen LogP contribution in [-0.4, -0.2) is 22.7 Å². The molecule has 1 fully saturated rings. The topological polar surface area (TPSA) is 46.6 Å². The molecule has 4 nitrogen and oxygen atoms in total. The van der Waals surface area contributed by atoms with Crippen LogP contribution in [0.15, 0.2) is 70.6 Å². The van der Waals surface area contributed by atoms with E-state index in [1.165, 1.54) is 4.90 Å². The van der Waals surface area contributed by atoms with Crippen LogP contribution in [-0.2, 0) is 11.3 Å². The molecule has 0 atom stereocenters. The van der Waals surface area contributed by atoms with Crippen LogP contribution in [0.25, 0.3) is 6.08 Å². The van der Waals surface area contributed by atoms with Crippen molar-refractivity contribution in [3.63, 3.8) is 0 Å². The fourth-order valence-electron chi connectivity index (χ4n) is 2.45. The number of imide groups is 1. The lowest BCUT2D eigenvalue weighted by Crippen LogP contribution is -2.27. The Balaban J connectivity index is 1.77.